The molecule has 0 radical (unpaired) electrons. The van der Waals surface area contributed by atoms with Gasteiger partial charge in [-0.25, -0.2) is 4.39 Å². The summed E-state index contributed by atoms with van der Waals surface area (Å²) in [4.78, 5) is 0. The molecule has 0 aliphatic carbocycles. The van der Waals surface area contributed by atoms with E-state index in [1.54, 1.807) is 0 Å². The van der Waals surface area contributed by atoms with Crippen LogP contribution in [0.2, 0.25) is 5.02 Å². The summed E-state index contributed by atoms with van der Waals surface area (Å²) in [5.41, 5.74) is 7.63. The molecule has 0 fully saturated rings. The third-order valence-corrected chi connectivity index (χ3v) is 4.21. The summed E-state index contributed by atoms with van der Waals surface area (Å²) in [6, 6.07) is 14.5. The highest BCUT2D eigenvalue weighted by Crippen LogP contribution is 2.34. The summed E-state index contributed by atoms with van der Waals surface area (Å²) in [6.07, 6.45) is 0. The summed E-state index contributed by atoms with van der Waals surface area (Å²) in [6.45, 7) is 0. The van der Waals surface area contributed by atoms with E-state index in [1.165, 1.54) is 12.1 Å². The molecule has 21 heavy (non-hydrogen) atoms. The van der Waals surface area contributed by atoms with Gasteiger partial charge in [0.25, 0.3) is 0 Å². The average Bonchev–Trinajstić information content (AvgIpc) is 2.48. The lowest BCUT2D eigenvalue weighted by Gasteiger charge is -2.13. The van der Waals surface area contributed by atoms with E-state index >= 15 is 0 Å². The lowest BCUT2D eigenvalue weighted by molar-refractivity contribution is 0.629. The van der Waals surface area contributed by atoms with E-state index in [1.807, 2.05) is 36.4 Å². The summed E-state index contributed by atoms with van der Waals surface area (Å²) in [5.74, 6) is -0.505. The van der Waals surface area contributed by atoms with Crippen molar-refractivity contribution in [1.29, 1.82) is 0 Å². The lowest BCUT2D eigenvalue weighted by atomic mass is 10.1. The first-order valence-electron chi connectivity index (χ1n) is 6.25. The number of anilines is 3. The van der Waals surface area contributed by atoms with Gasteiger partial charge in [0.05, 0.1) is 16.4 Å². The van der Waals surface area contributed by atoms with E-state index in [0.29, 0.717) is 11.4 Å². The van der Waals surface area contributed by atoms with Crippen LogP contribution in [0.1, 0.15) is 0 Å². The molecule has 0 unspecified atom stereocenters. The zero-order chi connectivity index (χ0) is 15.0. The molecule has 0 spiro atoms. The molecule has 3 N–H and O–H groups in total. The largest absolute Gasteiger partial charge is 0.397 e. The minimum atomic E-state index is -0.505. The monoisotopic (exact) mass is 364 g/mol. The maximum absolute atomic E-state index is 13.6. The molecule has 5 heteroatoms. The van der Waals surface area contributed by atoms with E-state index in [2.05, 4.69) is 21.2 Å². The van der Waals surface area contributed by atoms with Crippen molar-refractivity contribution in [3.63, 3.8) is 0 Å². The Bertz CT molecular complexity index is 836. The van der Waals surface area contributed by atoms with Gasteiger partial charge < -0.3 is 11.1 Å². The van der Waals surface area contributed by atoms with Gasteiger partial charge in [-0.3, -0.25) is 0 Å². The van der Waals surface area contributed by atoms with Gasteiger partial charge in [0.15, 0.2) is 0 Å². The molecule has 0 amide bonds. The number of nitrogen functional groups attached to an aromatic ring is 1. The van der Waals surface area contributed by atoms with Crippen LogP contribution in [-0.4, -0.2) is 0 Å². The van der Waals surface area contributed by atoms with E-state index in [-0.39, 0.29) is 5.02 Å². The van der Waals surface area contributed by atoms with Gasteiger partial charge in [0.1, 0.15) is 5.82 Å². The SMILES string of the molecule is Nc1cc(Cl)c(F)cc1Nc1ccc(Br)c2ccccc12. The molecule has 0 aromatic heterocycles. The van der Waals surface area contributed by atoms with Crippen LogP contribution in [0, 0.1) is 5.82 Å². The Balaban J connectivity index is 2.11. The summed E-state index contributed by atoms with van der Waals surface area (Å²) in [5, 5.41) is 5.26. The molecule has 3 aromatic carbocycles. The molecule has 0 heterocycles. The predicted molar refractivity (Wildman–Crippen MR) is 90.8 cm³/mol. The number of nitrogens with two attached hydrogens (primary N) is 1. The Kier molecular flexibility index (Phi) is 3.74. The first kappa shape index (κ1) is 14.2. The fourth-order valence-electron chi connectivity index (χ4n) is 2.19. The zero-order valence-electron chi connectivity index (χ0n) is 10.8. The molecule has 3 aromatic rings. The molecule has 0 aliphatic rings. The Morgan fingerprint density at radius 1 is 1.00 bits per heavy atom. The first-order valence-corrected chi connectivity index (χ1v) is 7.42. The number of hydrogen-bond donors (Lipinski definition) is 2. The van der Waals surface area contributed by atoms with Crippen LogP contribution in [-0.2, 0) is 0 Å². The van der Waals surface area contributed by atoms with Gasteiger partial charge >= 0.3 is 0 Å². The molecular weight excluding hydrogens is 355 g/mol. The smallest absolute Gasteiger partial charge is 0.144 e. The van der Waals surface area contributed by atoms with Crippen LogP contribution in [0.15, 0.2) is 53.0 Å². The number of halogens is 3. The Morgan fingerprint density at radius 3 is 2.48 bits per heavy atom. The molecule has 0 aliphatic heterocycles. The van der Waals surface area contributed by atoms with Gasteiger partial charge in [0, 0.05) is 21.6 Å². The van der Waals surface area contributed by atoms with Crippen molar-refractivity contribution in [1.82, 2.24) is 0 Å². The second-order valence-electron chi connectivity index (χ2n) is 4.62. The third kappa shape index (κ3) is 2.69. The highest BCUT2D eigenvalue weighted by molar-refractivity contribution is 9.10. The molecule has 0 bridgehead atoms. The van der Waals surface area contributed by atoms with Crippen molar-refractivity contribution in [2.75, 3.05) is 11.1 Å². The number of benzene rings is 3. The predicted octanol–water partition coefficient (Wildman–Crippen LogP) is 5.72. The van der Waals surface area contributed by atoms with E-state index in [0.717, 1.165) is 20.9 Å². The van der Waals surface area contributed by atoms with Crippen molar-refractivity contribution in [2.24, 2.45) is 0 Å². The number of rotatable bonds is 2. The third-order valence-electron chi connectivity index (χ3n) is 3.23. The van der Waals surface area contributed by atoms with Crippen LogP contribution in [0.5, 0.6) is 0 Å². The second-order valence-corrected chi connectivity index (χ2v) is 5.88. The Labute approximate surface area is 134 Å². The number of nitrogens with one attached hydrogen (secondary N) is 1. The fraction of sp³-hybridized carbons (Fsp3) is 0. The van der Waals surface area contributed by atoms with Crippen molar-refractivity contribution in [3.8, 4) is 0 Å². The second kappa shape index (κ2) is 5.54. The van der Waals surface area contributed by atoms with Gasteiger partial charge in [-0.15, -0.1) is 0 Å². The van der Waals surface area contributed by atoms with Gasteiger partial charge in [-0.2, -0.15) is 0 Å². The van der Waals surface area contributed by atoms with Crippen molar-refractivity contribution in [3.05, 3.63) is 63.8 Å². The van der Waals surface area contributed by atoms with Gasteiger partial charge in [0.2, 0.25) is 0 Å². The lowest BCUT2D eigenvalue weighted by Crippen LogP contribution is -1.98. The standard InChI is InChI=1S/C16H11BrClFN2/c17-11-5-6-15(10-4-2-1-3-9(10)11)21-16-8-13(19)12(18)7-14(16)20/h1-8,21H,20H2. The minimum Gasteiger partial charge on any atom is -0.397 e. The maximum atomic E-state index is 13.6. The van der Waals surface area contributed by atoms with Crippen LogP contribution in [0.4, 0.5) is 21.5 Å². The molecule has 106 valence electrons. The summed E-state index contributed by atoms with van der Waals surface area (Å²) in [7, 11) is 0. The first-order chi connectivity index (χ1) is 10.1. The molecule has 0 saturated heterocycles. The summed E-state index contributed by atoms with van der Waals surface area (Å²) < 4.78 is 14.6. The maximum Gasteiger partial charge on any atom is 0.144 e. The average molecular weight is 366 g/mol. The van der Waals surface area contributed by atoms with E-state index in [4.69, 9.17) is 17.3 Å². The number of fused-ring (bicyclic) bond motifs is 1. The fourth-order valence-corrected chi connectivity index (χ4v) is 2.84. The van der Waals surface area contributed by atoms with Crippen molar-refractivity contribution < 1.29 is 4.39 Å². The molecule has 0 saturated carbocycles. The van der Waals surface area contributed by atoms with E-state index < -0.39 is 5.82 Å². The molecule has 0 atom stereocenters. The van der Waals surface area contributed by atoms with Crippen LogP contribution in [0.3, 0.4) is 0 Å². The highest BCUT2D eigenvalue weighted by atomic mass is 79.9. The molecule has 3 rings (SSSR count). The van der Waals surface area contributed by atoms with Crippen molar-refractivity contribution >= 4 is 55.4 Å². The van der Waals surface area contributed by atoms with Crippen LogP contribution < -0.4 is 11.1 Å². The Morgan fingerprint density at radius 2 is 1.71 bits per heavy atom. The normalized spacial score (nSPS) is 10.8. The van der Waals surface area contributed by atoms with Gasteiger partial charge in [-0.05, 0) is 23.6 Å². The number of hydrogen-bond acceptors (Lipinski definition) is 2. The van der Waals surface area contributed by atoms with Crippen molar-refractivity contribution in [2.45, 2.75) is 0 Å². The quantitative estimate of drug-likeness (QED) is 0.570. The molecule has 2 nitrogen and oxygen atoms in total. The van der Waals surface area contributed by atoms with Gasteiger partial charge in [-0.1, -0.05) is 51.8 Å². The highest BCUT2D eigenvalue weighted by Gasteiger charge is 2.09. The summed E-state index contributed by atoms with van der Waals surface area (Å²) >= 11 is 9.24. The topological polar surface area (TPSA) is 38.0 Å². The zero-order valence-corrected chi connectivity index (χ0v) is 13.2. The minimum absolute atomic E-state index is 0.0127. The molecular formula is C16H11BrClFN2. The van der Waals surface area contributed by atoms with Crippen LogP contribution in [0.25, 0.3) is 10.8 Å². The Hall–Kier alpha value is -1.78. The van der Waals surface area contributed by atoms with Crippen LogP contribution >= 0.6 is 27.5 Å². The van der Waals surface area contributed by atoms with E-state index in [9.17, 15) is 4.39 Å².